The minimum Gasteiger partial charge on any atom is -0.228 e. The number of benzene rings is 7. The summed E-state index contributed by atoms with van der Waals surface area (Å²) < 4.78 is 0. The van der Waals surface area contributed by atoms with Crippen molar-refractivity contribution in [3.05, 3.63) is 181 Å². The molecule has 0 aliphatic heterocycles. The Balaban J connectivity index is 1.14. The predicted molar refractivity (Wildman–Crippen MR) is 204 cm³/mol. The lowest BCUT2D eigenvalue weighted by Crippen LogP contribution is -2.14. The van der Waals surface area contributed by atoms with Crippen molar-refractivity contribution in [1.29, 1.82) is 0 Å². The monoisotopic (exact) mass is 626 g/mol. The van der Waals surface area contributed by atoms with Gasteiger partial charge in [0.05, 0.1) is 11.4 Å². The third kappa shape index (κ3) is 5.05. The fraction of sp³-hybridized carbons (Fsp3) is 0.0638. The average Bonchev–Trinajstić information content (AvgIpc) is 3.39. The Morgan fingerprint density at radius 1 is 0.367 bits per heavy atom. The van der Waals surface area contributed by atoms with Crippen molar-refractivity contribution in [1.82, 2.24) is 9.97 Å². The van der Waals surface area contributed by atoms with Crippen molar-refractivity contribution in [2.45, 2.75) is 19.3 Å². The van der Waals surface area contributed by atoms with Crippen LogP contribution in [0.5, 0.6) is 0 Å². The summed E-state index contributed by atoms with van der Waals surface area (Å²) >= 11 is 0. The van der Waals surface area contributed by atoms with Gasteiger partial charge in [0.2, 0.25) is 0 Å². The highest BCUT2D eigenvalue weighted by atomic mass is 14.9. The van der Waals surface area contributed by atoms with E-state index in [-0.39, 0.29) is 5.41 Å². The second kappa shape index (κ2) is 11.5. The molecule has 0 fully saturated rings. The summed E-state index contributed by atoms with van der Waals surface area (Å²) in [6.45, 7) is 4.71. The molecule has 0 N–H and O–H groups in total. The molecule has 0 spiro atoms. The van der Waals surface area contributed by atoms with Gasteiger partial charge < -0.3 is 0 Å². The molecule has 1 aliphatic carbocycles. The Kier molecular flexibility index (Phi) is 6.84. The van der Waals surface area contributed by atoms with Crippen LogP contribution in [0, 0.1) is 0 Å². The van der Waals surface area contributed by atoms with Gasteiger partial charge in [-0.3, -0.25) is 0 Å². The number of hydrogen-bond acceptors (Lipinski definition) is 2. The van der Waals surface area contributed by atoms with Crippen molar-refractivity contribution in [3.8, 4) is 67.3 Å². The van der Waals surface area contributed by atoms with Crippen LogP contribution in [0.3, 0.4) is 0 Å². The van der Waals surface area contributed by atoms with Crippen LogP contribution < -0.4 is 0 Å². The van der Waals surface area contributed by atoms with Crippen molar-refractivity contribution >= 4 is 10.8 Å². The SMILES string of the molecule is CC1(C)c2cc3ccccc3cc2-c2c(-c3ccc(-c4cc(-c5cccc(-c6ccccc6)c5)nc(-c5ccccc5)n4)cc3)cccc21. The van der Waals surface area contributed by atoms with E-state index in [0.29, 0.717) is 5.82 Å². The second-order valence-corrected chi connectivity index (χ2v) is 13.5. The Morgan fingerprint density at radius 2 is 0.939 bits per heavy atom. The molecule has 1 heterocycles. The maximum absolute atomic E-state index is 5.11. The van der Waals surface area contributed by atoms with Crippen LogP contribution in [0.4, 0.5) is 0 Å². The van der Waals surface area contributed by atoms with Gasteiger partial charge in [-0.15, -0.1) is 0 Å². The summed E-state index contributed by atoms with van der Waals surface area (Å²) in [6, 6.07) is 60.6. The Labute approximate surface area is 287 Å². The van der Waals surface area contributed by atoms with E-state index >= 15 is 0 Å². The van der Waals surface area contributed by atoms with E-state index in [1.165, 1.54) is 49.7 Å². The third-order valence-corrected chi connectivity index (χ3v) is 10.1. The maximum Gasteiger partial charge on any atom is 0.160 e. The zero-order valence-electron chi connectivity index (χ0n) is 27.6. The van der Waals surface area contributed by atoms with Crippen LogP contribution in [0.15, 0.2) is 170 Å². The molecule has 0 bridgehead atoms. The molecule has 0 saturated heterocycles. The Bertz CT molecular complexity index is 2490. The molecule has 9 rings (SSSR count). The minimum absolute atomic E-state index is 0.0757. The van der Waals surface area contributed by atoms with E-state index < -0.39 is 0 Å². The molecule has 7 aromatic carbocycles. The standard InChI is InChI=1S/C47H34N2/c1-47(2)41-22-12-21-39(45(41)40-28-36-17-9-10-18-37(36)29-42(40)47)32-23-25-33(26-24-32)43-30-44(49-46(48-43)34-15-7-4-8-16-34)38-20-11-19-35(27-38)31-13-5-3-6-14-31/h3-30H,1-2H3. The molecule has 0 unspecified atom stereocenters. The molecular formula is C47H34N2. The van der Waals surface area contributed by atoms with E-state index in [2.05, 4.69) is 159 Å². The normalized spacial score (nSPS) is 12.9. The highest BCUT2D eigenvalue weighted by Crippen LogP contribution is 2.53. The first-order valence-electron chi connectivity index (χ1n) is 16.9. The summed E-state index contributed by atoms with van der Waals surface area (Å²) in [7, 11) is 0. The lowest BCUT2D eigenvalue weighted by Gasteiger charge is -2.22. The van der Waals surface area contributed by atoms with Gasteiger partial charge in [0.15, 0.2) is 5.82 Å². The van der Waals surface area contributed by atoms with Crippen molar-refractivity contribution in [2.75, 3.05) is 0 Å². The van der Waals surface area contributed by atoms with Crippen LogP contribution in [-0.4, -0.2) is 9.97 Å². The fourth-order valence-corrected chi connectivity index (χ4v) is 7.48. The summed E-state index contributed by atoms with van der Waals surface area (Å²) in [5.41, 5.74) is 15.1. The molecule has 0 amide bonds. The fourth-order valence-electron chi connectivity index (χ4n) is 7.48. The highest BCUT2D eigenvalue weighted by molar-refractivity contribution is 5.98. The van der Waals surface area contributed by atoms with Gasteiger partial charge in [-0.2, -0.15) is 0 Å². The number of rotatable bonds is 5. The second-order valence-electron chi connectivity index (χ2n) is 13.5. The molecule has 0 radical (unpaired) electrons. The smallest absolute Gasteiger partial charge is 0.160 e. The van der Waals surface area contributed by atoms with Crippen molar-refractivity contribution in [3.63, 3.8) is 0 Å². The molecule has 232 valence electrons. The lowest BCUT2D eigenvalue weighted by molar-refractivity contribution is 0.661. The highest BCUT2D eigenvalue weighted by Gasteiger charge is 2.37. The largest absolute Gasteiger partial charge is 0.228 e. The molecule has 1 aromatic heterocycles. The van der Waals surface area contributed by atoms with Crippen molar-refractivity contribution in [2.24, 2.45) is 0 Å². The number of nitrogens with zero attached hydrogens (tertiary/aromatic N) is 2. The summed E-state index contributed by atoms with van der Waals surface area (Å²) in [5.74, 6) is 0.717. The minimum atomic E-state index is -0.0757. The number of aromatic nitrogens is 2. The average molecular weight is 627 g/mol. The van der Waals surface area contributed by atoms with Gasteiger partial charge >= 0.3 is 0 Å². The zero-order chi connectivity index (χ0) is 33.0. The molecule has 8 aromatic rings. The van der Waals surface area contributed by atoms with Crippen LogP contribution in [0.1, 0.15) is 25.0 Å². The lowest BCUT2D eigenvalue weighted by atomic mass is 9.81. The summed E-state index contributed by atoms with van der Waals surface area (Å²) in [5, 5.41) is 2.57. The van der Waals surface area contributed by atoms with E-state index in [4.69, 9.17) is 9.97 Å². The summed E-state index contributed by atoms with van der Waals surface area (Å²) in [6.07, 6.45) is 0. The quantitative estimate of drug-likeness (QED) is 0.190. The Hall–Kier alpha value is -6.12. The maximum atomic E-state index is 5.11. The first-order valence-corrected chi connectivity index (χ1v) is 16.9. The molecule has 0 atom stereocenters. The number of hydrogen-bond donors (Lipinski definition) is 0. The first kappa shape index (κ1) is 29.1. The van der Waals surface area contributed by atoms with Crippen LogP contribution >= 0.6 is 0 Å². The van der Waals surface area contributed by atoms with Gasteiger partial charge in [0.1, 0.15) is 0 Å². The van der Waals surface area contributed by atoms with E-state index in [0.717, 1.165) is 33.6 Å². The van der Waals surface area contributed by atoms with Crippen molar-refractivity contribution < 1.29 is 0 Å². The van der Waals surface area contributed by atoms with Gasteiger partial charge in [-0.1, -0.05) is 159 Å². The molecule has 1 aliphatic rings. The van der Waals surface area contributed by atoms with Gasteiger partial charge in [-0.05, 0) is 79.5 Å². The molecule has 2 heteroatoms. The van der Waals surface area contributed by atoms with E-state index in [9.17, 15) is 0 Å². The zero-order valence-corrected chi connectivity index (χ0v) is 27.6. The van der Waals surface area contributed by atoms with Gasteiger partial charge in [-0.25, -0.2) is 9.97 Å². The summed E-state index contributed by atoms with van der Waals surface area (Å²) in [4.78, 5) is 10.2. The molecular weight excluding hydrogens is 593 g/mol. The number of fused-ring (bicyclic) bond motifs is 4. The predicted octanol–water partition coefficient (Wildman–Crippen LogP) is 12.3. The molecule has 49 heavy (non-hydrogen) atoms. The Morgan fingerprint density at radius 3 is 1.67 bits per heavy atom. The van der Waals surface area contributed by atoms with E-state index in [1.54, 1.807) is 0 Å². The third-order valence-electron chi connectivity index (χ3n) is 10.1. The van der Waals surface area contributed by atoms with E-state index in [1.807, 2.05) is 24.3 Å². The van der Waals surface area contributed by atoms with Gasteiger partial charge in [0.25, 0.3) is 0 Å². The van der Waals surface area contributed by atoms with Crippen LogP contribution in [0.2, 0.25) is 0 Å². The topological polar surface area (TPSA) is 25.8 Å². The molecule has 0 saturated carbocycles. The van der Waals surface area contributed by atoms with Crippen LogP contribution in [-0.2, 0) is 5.41 Å². The van der Waals surface area contributed by atoms with Crippen LogP contribution in [0.25, 0.3) is 78.1 Å². The first-order chi connectivity index (χ1) is 24.0. The van der Waals surface area contributed by atoms with Gasteiger partial charge in [0, 0.05) is 22.1 Å². The molecule has 2 nitrogen and oxygen atoms in total.